The van der Waals surface area contributed by atoms with E-state index in [-0.39, 0.29) is 7.55 Å². The van der Waals surface area contributed by atoms with Crippen LogP contribution in [-0.4, -0.2) is 12.5 Å². The van der Waals surface area contributed by atoms with E-state index in [1.54, 1.807) is 0 Å². The van der Waals surface area contributed by atoms with E-state index < -0.39 is 0 Å². The van der Waals surface area contributed by atoms with Gasteiger partial charge in [-0.2, -0.15) is 0 Å². The molecule has 0 bridgehead atoms. The second-order valence-electron chi connectivity index (χ2n) is 6.55. The van der Waals surface area contributed by atoms with E-state index in [1.165, 1.54) is 44.5 Å². The second kappa shape index (κ2) is 6.71. The van der Waals surface area contributed by atoms with Crippen LogP contribution in [0.4, 0.5) is 0 Å². The van der Waals surface area contributed by atoms with E-state index >= 15 is 0 Å². The van der Waals surface area contributed by atoms with Crippen LogP contribution < -0.4 is 0 Å². The molecule has 116 valence electrons. The summed E-state index contributed by atoms with van der Waals surface area (Å²) in [6.45, 7) is 15.6. The van der Waals surface area contributed by atoms with Crippen molar-refractivity contribution >= 4 is 13.3 Å². The standard InChI is InChI=1S/C21H27P/c1-14-8-16(3)20(17(4)9-14)12-22(7)13-21-18(5)10-15(2)11-19(21)6/h8-13H,1-7H3. The van der Waals surface area contributed by atoms with Crippen LogP contribution in [0.1, 0.15) is 44.5 Å². The highest BCUT2D eigenvalue weighted by Gasteiger charge is 2.08. The molecule has 0 heterocycles. The Hall–Kier alpha value is -1.52. The third-order valence-corrected chi connectivity index (χ3v) is 5.47. The molecule has 0 saturated heterocycles. The largest absolute Gasteiger partial charge is 0.147 e. The van der Waals surface area contributed by atoms with Gasteiger partial charge in [-0.3, -0.25) is 0 Å². The minimum absolute atomic E-state index is 0.267. The Morgan fingerprint density at radius 1 is 0.727 bits per heavy atom. The van der Waals surface area contributed by atoms with Crippen molar-refractivity contribution in [1.29, 1.82) is 0 Å². The Bertz CT molecular complexity index is 690. The molecule has 1 atom stereocenters. The lowest BCUT2D eigenvalue weighted by Gasteiger charge is -2.16. The molecule has 1 unspecified atom stereocenters. The van der Waals surface area contributed by atoms with Crippen LogP contribution in [0.5, 0.6) is 0 Å². The fraction of sp³-hybridized carbons (Fsp3) is 0.333. The molecule has 0 nitrogen and oxygen atoms in total. The smallest absolute Gasteiger partial charge is 0.108 e. The van der Waals surface area contributed by atoms with Crippen molar-refractivity contribution in [3.05, 3.63) is 74.9 Å². The maximum absolute atomic E-state index is 2.46. The summed E-state index contributed by atoms with van der Waals surface area (Å²) in [6.07, 6.45) is 2.46. The van der Waals surface area contributed by atoms with Crippen molar-refractivity contribution in [1.82, 2.24) is 0 Å². The zero-order valence-electron chi connectivity index (χ0n) is 14.9. The van der Waals surface area contributed by atoms with Gasteiger partial charge >= 0.3 is 0 Å². The first-order chi connectivity index (χ1) is 10.3. The van der Waals surface area contributed by atoms with Crippen molar-refractivity contribution in [2.45, 2.75) is 41.5 Å². The Balaban J connectivity index is 2.36. The predicted octanol–water partition coefficient (Wildman–Crippen LogP) is 6.01. The molecule has 0 radical (unpaired) electrons. The molecule has 0 amide bonds. The van der Waals surface area contributed by atoms with Crippen LogP contribution in [0.2, 0.25) is 0 Å². The van der Waals surface area contributed by atoms with Crippen LogP contribution in [0.15, 0.2) is 24.3 Å². The highest BCUT2D eigenvalue weighted by molar-refractivity contribution is 7.59. The van der Waals surface area contributed by atoms with Gasteiger partial charge in [-0.15, -0.1) is 28.8 Å². The lowest BCUT2D eigenvalue weighted by atomic mass is 10.0. The van der Waals surface area contributed by atoms with E-state index in [4.69, 9.17) is 0 Å². The summed E-state index contributed by atoms with van der Waals surface area (Å²) in [7, 11) is -0.267. The van der Waals surface area contributed by atoms with E-state index in [2.05, 4.69) is 84.4 Å². The average molecular weight is 310 g/mol. The van der Waals surface area contributed by atoms with Crippen LogP contribution in [0.3, 0.4) is 0 Å². The van der Waals surface area contributed by atoms with Gasteiger partial charge in [0.15, 0.2) is 0 Å². The highest BCUT2D eigenvalue weighted by Crippen LogP contribution is 2.32. The SMILES string of the molecule is Cc1cc(C)c(C=[P+](C)[CH-]c2c(C)cc(C)cc2C)c(C)c1. The molecule has 0 aliphatic carbocycles. The molecule has 1 heteroatoms. The van der Waals surface area contributed by atoms with Crippen molar-refractivity contribution in [2.24, 2.45) is 0 Å². The highest BCUT2D eigenvalue weighted by atomic mass is 31.1. The van der Waals surface area contributed by atoms with Gasteiger partial charge in [0.2, 0.25) is 0 Å². The number of hydrogen-bond acceptors (Lipinski definition) is 0. The number of rotatable bonds is 3. The first-order valence-electron chi connectivity index (χ1n) is 7.85. The monoisotopic (exact) mass is 310 g/mol. The molecule has 0 aliphatic heterocycles. The van der Waals surface area contributed by atoms with Crippen molar-refractivity contribution in [2.75, 3.05) is 6.66 Å². The Morgan fingerprint density at radius 3 is 1.59 bits per heavy atom. The molecule has 0 aromatic heterocycles. The fourth-order valence-corrected chi connectivity index (χ4v) is 4.94. The van der Waals surface area contributed by atoms with Crippen LogP contribution in [0, 0.1) is 47.7 Å². The maximum Gasteiger partial charge on any atom is 0.108 e. The van der Waals surface area contributed by atoms with Crippen LogP contribution in [0.25, 0.3) is 0 Å². The van der Waals surface area contributed by atoms with Crippen LogP contribution >= 0.6 is 7.55 Å². The third kappa shape index (κ3) is 3.81. The van der Waals surface area contributed by atoms with E-state index in [1.807, 2.05) is 0 Å². The predicted molar refractivity (Wildman–Crippen MR) is 103 cm³/mol. The summed E-state index contributed by atoms with van der Waals surface area (Å²) < 4.78 is 0. The summed E-state index contributed by atoms with van der Waals surface area (Å²) in [5.41, 5.74) is 11.1. The van der Waals surface area contributed by atoms with E-state index in [0.29, 0.717) is 0 Å². The lowest BCUT2D eigenvalue weighted by Crippen LogP contribution is -1.95. The maximum atomic E-state index is 2.46. The van der Waals surface area contributed by atoms with Crippen LogP contribution in [-0.2, 0) is 0 Å². The minimum atomic E-state index is -0.267. The van der Waals surface area contributed by atoms with Gasteiger partial charge in [0.05, 0.1) is 14.2 Å². The molecule has 0 saturated carbocycles. The Labute approximate surface area is 137 Å². The topological polar surface area (TPSA) is 0 Å². The zero-order chi connectivity index (χ0) is 16.4. The minimum Gasteiger partial charge on any atom is -0.147 e. The summed E-state index contributed by atoms with van der Waals surface area (Å²) in [5, 5.41) is 0. The fourth-order valence-electron chi connectivity index (χ4n) is 3.23. The summed E-state index contributed by atoms with van der Waals surface area (Å²) in [5.74, 6) is 2.46. The number of benzene rings is 2. The van der Waals surface area contributed by atoms with Gasteiger partial charge in [-0.25, -0.2) is 0 Å². The molecule has 2 rings (SSSR count). The first kappa shape index (κ1) is 16.8. The van der Waals surface area contributed by atoms with Crippen molar-refractivity contribution in [3.63, 3.8) is 0 Å². The molecular weight excluding hydrogens is 283 g/mol. The Morgan fingerprint density at radius 2 is 1.14 bits per heavy atom. The molecule has 0 fully saturated rings. The Kier molecular flexibility index (Phi) is 5.14. The van der Waals surface area contributed by atoms with Gasteiger partial charge in [0.1, 0.15) is 5.80 Å². The van der Waals surface area contributed by atoms with Gasteiger partial charge in [-0.1, -0.05) is 37.1 Å². The molecule has 0 aliphatic rings. The third-order valence-electron chi connectivity index (χ3n) is 4.14. The zero-order valence-corrected chi connectivity index (χ0v) is 15.8. The van der Waals surface area contributed by atoms with Gasteiger partial charge in [0, 0.05) is 11.7 Å². The average Bonchev–Trinajstić information content (AvgIpc) is 2.38. The molecule has 2 aromatic carbocycles. The molecule has 0 spiro atoms. The number of aryl methyl sites for hydroxylation is 6. The summed E-state index contributed by atoms with van der Waals surface area (Å²) in [6, 6.07) is 9.13. The normalized spacial score (nSPS) is 11.7. The number of hydrogen-bond donors (Lipinski definition) is 0. The molecular formula is C21H27P. The summed E-state index contributed by atoms with van der Waals surface area (Å²) in [4.78, 5) is 0. The second-order valence-corrected chi connectivity index (χ2v) is 8.40. The van der Waals surface area contributed by atoms with Crippen molar-refractivity contribution < 1.29 is 0 Å². The quantitative estimate of drug-likeness (QED) is 0.481. The van der Waals surface area contributed by atoms with Gasteiger partial charge < -0.3 is 0 Å². The van der Waals surface area contributed by atoms with Gasteiger partial charge in [-0.05, 0) is 38.8 Å². The molecule has 0 N–H and O–H groups in total. The van der Waals surface area contributed by atoms with E-state index in [0.717, 1.165) is 0 Å². The molecule has 2 aromatic rings. The summed E-state index contributed by atoms with van der Waals surface area (Å²) >= 11 is 0. The van der Waals surface area contributed by atoms with E-state index in [9.17, 15) is 0 Å². The van der Waals surface area contributed by atoms with Gasteiger partial charge in [0.25, 0.3) is 0 Å². The molecule has 22 heavy (non-hydrogen) atoms. The lowest BCUT2D eigenvalue weighted by molar-refractivity contribution is 1.28. The first-order valence-corrected chi connectivity index (χ1v) is 9.78. The van der Waals surface area contributed by atoms with Crippen molar-refractivity contribution in [3.8, 4) is 0 Å².